The summed E-state index contributed by atoms with van der Waals surface area (Å²) in [5, 5.41) is 1.94. The number of nitrogens with zero attached hydrogens (tertiary/aromatic N) is 2. The maximum Gasteiger partial charge on any atom is 0.177 e. The summed E-state index contributed by atoms with van der Waals surface area (Å²) in [5.41, 5.74) is 3.79. The lowest BCUT2D eigenvalue weighted by atomic mass is 10.2. The molecule has 5 rings (SSSR count). The van der Waals surface area contributed by atoms with E-state index in [9.17, 15) is 0 Å². The van der Waals surface area contributed by atoms with Crippen LogP contribution >= 0.6 is 23.2 Å². The molecule has 3 nitrogen and oxygen atoms in total. The van der Waals surface area contributed by atoms with Gasteiger partial charge in [0.05, 0.1) is 16.1 Å². The van der Waals surface area contributed by atoms with Crippen molar-refractivity contribution in [2.75, 3.05) is 0 Å². The summed E-state index contributed by atoms with van der Waals surface area (Å²) >= 11 is 12.4. The van der Waals surface area contributed by atoms with Gasteiger partial charge < -0.3 is 8.98 Å². The smallest absolute Gasteiger partial charge is 0.177 e. The van der Waals surface area contributed by atoms with Gasteiger partial charge in [0.25, 0.3) is 0 Å². The Hall–Kier alpha value is -2.75. The fourth-order valence-corrected chi connectivity index (χ4v) is 3.92. The van der Waals surface area contributed by atoms with E-state index < -0.39 is 0 Å². The first kappa shape index (κ1) is 16.4. The van der Waals surface area contributed by atoms with Crippen molar-refractivity contribution >= 4 is 45.2 Å². The van der Waals surface area contributed by atoms with Crippen molar-refractivity contribution < 1.29 is 4.42 Å². The maximum absolute atomic E-state index is 6.31. The van der Waals surface area contributed by atoms with Crippen LogP contribution in [0.15, 0.2) is 77.2 Å². The van der Waals surface area contributed by atoms with Crippen molar-refractivity contribution in [2.45, 2.75) is 6.54 Å². The molecule has 0 atom stereocenters. The van der Waals surface area contributed by atoms with Crippen LogP contribution in [0.25, 0.3) is 33.6 Å². The molecule has 0 aliphatic rings. The van der Waals surface area contributed by atoms with E-state index in [0.717, 1.165) is 22.2 Å². The molecule has 0 bridgehead atoms. The van der Waals surface area contributed by atoms with Gasteiger partial charge in [-0.25, -0.2) is 4.98 Å². The van der Waals surface area contributed by atoms with Gasteiger partial charge in [-0.3, -0.25) is 0 Å². The van der Waals surface area contributed by atoms with E-state index in [1.54, 1.807) is 6.07 Å². The van der Waals surface area contributed by atoms with Crippen molar-refractivity contribution in [3.05, 3.63) is 88.4 Å². The third-order valence-corrected chi connectivity index (χ3v) is 5.09. The molecule has 2 aromatic heterocycles. The van der Waals surface area contributed by atoms with Gasteiger partial charge in [-0.15, -0.1) is 0 Å². The van der Waals surface area contributed by atoms with Crippen molar-refractivity contribution in [3.8, 4) is 11.6 Å². The summed E-state index contributed by atoms with van der Waals surface area (Å²) in [7, 11) is 0. The standard InChI is InChI=1S/C22H14Cl2N2O/c23-16-10-15-11-20(27-21(15)17(24)12-16)22-25-18-8-4-5-9-19(18)26(22)13-14-6-2-1-3-7-14/h1-12H,13H2. The van der Waals surface area contributed by atoms with Crippen LogP contribution in [0.5, 0.6) is 0 Å². The van der Waals surface area contributed by atoms with Gasteiger partial charge in [-0.2, -0.15) is 0 Å². The summed E-state index contributed by atoms with van der Waals surface area (Å²) in [4.78, 5) is 4.82. The molecule has 0 spiro atoms. The van der Waals surface area contributed by atoms with Gasteiger partial charge in [0.2, 0.25) is 0 Å². The van der Waals surface area contributed by atoms with E-state index in [-0.39, 0.29) is 0 Å². The molecule has 5 heteroatoms. The van der Waals surface area contributed by atoms with Crippen LogP contribution in [0.4, 0.5) is 0 Å². The van der Waals surface area contributed by atoms with Crippen LogP contribution in [0, 0.1) is 0 Å². The van der Waals surface area contributed by atoms with Gasteiger partial charge in [0.15, 0.2) is 17.2 Å². The van der Waals surface area contributed by atoms with E-state index in [1.807, 2.05) is 48.5 Å². The van der Waals surface area contributed by atoms with Gasteiger partial charge in [0.1, 0.15) is 0 Å². The SMILES string of the molecule is Clc1cc(Cl)c2oc(-c3nc4ccccc4n3Cc3ccccc3)cc2c1. The summed E-state index contributed by atoms with van der Waals surface area (Å²) in [6, 6.07) is 23.9. The maximum atomic E-state index is 6.31. The lowest BCUT2D eigenvalue weighted by Gasteiger charge is -2.08. The van der Waals surface area contributed by atoms with Gasteiger partial charge in [-0.1, -0.05) is 65.7 Å². The Morgan fingerprint density at radius 2 is 1.67 bits per heavy atom. The lowest BCUT2D eigenvalue weighted by molar-refractivity contribution is 0.618. The Kier molecular flexibility index (Phi) is 3.92. The fraction of sp³-hybridized carbons (Fsp3) is 0.0455. The number of halogens is 2. The number of imidazole rings is 1. The lowest BCUT2D eigenvalue weighted by Crippen LogP contribution is -2.01. The second-order valence-corrected chi connectivity index (χ2v) is 7.26. The second kappa shape index (κ2) is 6.45. The number of furan rings is 1. The summed E-state index contributed by atoms with van der Waals surface area (Å²) in [5.74, 6) is 1.43. The molecule has 0 aliphatic heterocycles. The molecule has 0 N–H and O–H groups in total. The van der Waals surface area contributed by atoms with Crippen LogP contribution in [-0.4, -0.2) is 9.55 Å². The molecule has 0 saturated heterocycles. The molecule has 5 aromatic rings. The number of benzene rings is 3. The minimum atomic E-state index is 0.495. The third kappa shape index (κ3) is 2.89. The van der Waals surface area contributed by atoms with Crippen LogP contribution in [-0.2, 0) is 6.54 Å². The molecular formula is C22H14Cl2N2O. The number of fused-ring (bicyclic) bond motifs is 2. The molecule has 27 heavy (non-hydrogen) atoms. The topological polar surface area (TPSA) is 31.0 Å². The zero-order valence-corrected chi connectivity index (χ0v) is 15.7. The number of para-hydroxylation sites is 2. The molecule has 132 valence electrons. The molecule has 0 aliphatic carbocycles. The van der Waals surface area contributed by atoms with Crippen LogP contribution in [0.1, 0.15) is 5.56 Å². The monoisotopic (exact) mass is 392 g/mol. The van der Waals surface area contributed by atoms with Gasteiger partial charge >= 0.3 is 0 Å². The predicted octanol–water partition coefficient (Wildman–Crippen LogP) is 6.80. The molecule has 3 aromatic carbocycles. The largest absolute Gasteiger partial charge is 0.451 e. The third-order valence-electron chi connectivity index (χ3n) is 4.59. The Balaban J connectivity index is 1.73. The van der Waals surface area contributed by atoms with Crippen LogP contribution in [0.3, 0.4) is 0 Å². The molecule has 0 radical (unpaired) electrons. The number of aromatic nitrogens is 2. The summed E-state index contributed by atoms with van der Waals surface area (Å²) < 4.78 is 8.24. The predicted molar refractivity (Wildman–Crippen MR) is 111 cm³/mol. The van der Waals surface area contributed by atoms with Crippen molar-refractivity contribution in [3.63, 3.8) is 0 Å². The molecular weight excluding hydrogens is 379 g/mol. The van der Waals surface area contributed by atoms with Crippen molar-refractivity contribution in [2.24, 2.45) is 0 Å². The van der Waals surface area contributed by atoms with E-state index in [2.05, 4.69) is 22.8 Å². The first-order valence-electron chi connectivity index (χ1n) is 8.57. The van der Waals surface area contributed by atoms with E-state index in [0.29, 0.717) is 27.9 Å². The minimum absolute atomic E-state index is 0.495. The minimum Gasteiger partial charge on any atom is -0.451 e. The molecule has 2 heterocycles. The highest BCUT2D eigenvalue weighted by atomic mass is 35.5. The Bertz CT molecular complexity index is 1270. The number of rotatable bonds is 3. The van der Waals surface area contributed by atoms with E-state index in [1.165, 1.54) is 5.56 Å². The highest BCUT2D eigenvalue weighted by Gasteiger charge is 2.18. The summed E-state index contributed by atoms with van der Waals surface area (Å²) in [6.07, 6.45) is 0. The normalized spacial score (nSPS) is 11.5. The zero-order valence-electron chi connectivity index (χ0n) is 14.2. The highest BCUT2D eigenvalue weighted by Crippen LogP contribution is 2.35. The zero-order chi connectivity index (χ0) is 18.4. The van der Waals surface area contributed by atoms with E-state index >= 15 is 0 Å². The fourth-order valence-electron chi connectivity index (χ4n) is 3.38. The van der Waals surface area contributed by atoms with E-state index in [4.69, 9.17) is 32.6 Å². The van der Waals surface area contributed by atoms with Crippen molar-refractivity contribution in [1.29, 1.82) is 0 Å². The first-order valence-corrected chi connectivity index (χ1v) is 9.33. The number of hydrogen-bond donors (Lipinski definition) is 0. The van der Waals surface area contributed by atoms with Crippen molar-refractivity contribution in [1.82, 2.24) is 9.55 Å². The van der Waals surface area contributed by atoms with Crippen LogP contribution < -0.4 is 0 Å². The highest BCUT2D eigenvalue weighted by molar-refractivity contribution is 6.38. The van der Waals surface area contributed by atoms with Crippen LogP contribution in [0.2, 0.25) is 10.0 Å². The molecule has 0 unspecified atom stereocenters. The second-order valence-electron chi connectivity index (χ2n) is 6.41. The number of hydrogen-bond acceptors (Lipinski definition) is 2. The Morgan fingerprint density at radius 3 is 2.52 bits per heavy atom. The molecule has 0 fully saturated rings. The molecule has 0 saturated carbocycles. The first-order chi connectivity index (χ1) is 13.2. The van der Waals surface area contributed by atoms with Gasteiger partial charge in [0, 0.05) is 17.0 Å². The molecule has 0 amide bonds. The Morgan fingerprint density at radius 1 is 0.889 bits per heavy atom. The summed E-state index contributed by atoms with van der Waals surface area (Å²) in [6.45, 7) is 0.697. The average molecular weight is 393 g/mol. The Labute approximate surface area is 165 Å². The quantitative estimate of drug-likeness (QED) is 0.337. The average Bonchev–Trinajstić information content (AvgIpc) is 3.25. The van der Waals surface area contributed by atoms with Gasteiger partial charge in [-0.05, 0) is 35.9 Å².